The van der Waals surface area contributed by atoms with Crippen LogP contribution in [0.15, 0.2) is 60.3 Å². The molecule has 0 aliphatic heterocycles. The molecule has 0 spiro atoms. The van der Waals surface area contributed by atoms with Gasteiger partial charge in [-0.1, -0.05) is 42.0 Å². The summed E-state index contributed by atoms with van der Waals surface area (Å²) in [7, 11) is 1.61. The minimum absolute atomic E-state index is 0.0552. The molecule has 0 radical (unpaired) electrons. The van der Waals surface area contributed by atoms with Crippen molar-refractivity contribution in [3.63, 3.8) is 0 Å². The Morgan fingerprint density at radius 1 is 1.26 bits per heavy atom. The van der Waals surface area contributed by atoms with E-state index in [2.05, 4.69) is 35.8 Å². The van der Waals surface area contributed by atoms with Crippen LogP contribution in [0.1, 0.15) is 29.7 Å². The Balaban J connectivity index is 1.88. The van der Waals surface area contributed by atoms with Crippen LogP contribution in [0.5, 0.6) is 5.75 Å². The van der Waals surface area contributed by atoms with Gasteiger partial charge in [-0.15, -0.1) is 0 Å². The van der Waals surface area contributed by atoms with Crippen LogP contribution in [-0.2, 0) is 11.2 Å². The Kier molecular flexibility index (Phi) is 7.45. The fraction of sp³-hybridized carbons (Fsp3) is 0.273. The van der Waals surface area contributed by atoms with Crippen molar-refractivity contribution < 1.29 is 9.53 Å². The zero-order valence-electron chi connectivity index (χ0n) is 16.0. The molecular formula is C22H25N3O2. The highest BCUT2D eigenvalue weighted by Crippen LogP contribution is 2.17. The molecule has 0 saturated carbocycles. The quantitative estimate of drug-likeness (QED) is 0.428. The van der Waals surface area contributed by atoms with Gasteiger partial charge in [0.15, 0.2) is 0 Å². The number of carbonyl (C=O) groups is 1. The van der Waals surface area contributed by atoms with Gasteiger partial charge in [0.25, 0.3) is 5.91 Å². The average Bonchev–Trinajstić information content (AvgIpc) is 2.68. The summed E-state index contributed by atoms with van der Waals surface area (Å²) in [6, 6.07) is 17.5. The molecule has 2 N–H and O–H groups in total. The van der Waals surface area contributed by atoms with E-state index >= 15 is 0 Å². The third kappa shape index (κ3) is 6.19. The molecule has 2 aromatic rings. The molecule has 2 aromatic carbocycles. The van der Waals surface area contributed by atoms with E-state index in [9.17, 15) is 10.1 Å². The largest absolute Gasteiger partial charge is 0.497 e. The number of nitrogens with one attached hydrogen (secondary N) is 2. The zero-order valence-corrected chi connectivity index (χ0v) is 16.0. The molecule has 0 heterocycles. The normalized spacial score (nSPS) is 12.0. The average molecular weight is 363 g/mol. The highest BCUT2D eigenvalue weighted by molar-refractivity contribution is 5.97. The fourth-order valence-electron chi connectivity index (χ4n) is 2.66. The predicted molar refractivity (Wildman–Crippen MR) is 106 cm³/mol. The highest BCUT2D eigenvalue weighted by Gasteiger charge is 2.13. The maximum Gasteiger partial charge on any atom is 0.263 e. The predicted octanol–water partition coefficient (Wildman–Crippen LogP) is 3.42. The number of carbonyl (C=O) groups excluding carboxylic acids is 1. The molecule has 5 nitrogen and oxygen atoms in total. The van der Waals surface area contributed by atoms with Crippen LogP contribution in [0.3, 0.4) is 0 Å². The van der Waals surface area contributed by atoms with Crippen LogP contribution in [0, 0.1) is 18.3 Å². The zero-order chi connectivity index (χ0) is 19.6. The third-order valence-corrected chi connectivity index (χ3v) is 4.22. The lowest BCUT2D eigenvalue weighted by atomic mass is 10.1. The molecule has 5 heteroatoms. The summed E-state index contributed by atoms with van der Waals surface area (Å²) in [6.45, 7) is 4.58. The second-order valence-corrected chi connectivity index (χ2v) is 6.33. The van der Waals surface area contributed by atoms with Crippen molar-refractivity contribution in [2.45, 2.75) is 26.3 Å². The topological polar surface area (TPSA) is 74.1 Å². The van der Waals surface area contributed by atoms with Gasteiger partial charge in [0.2, 0.25) is 0 Å². The number of rotatable bonds is 8. The molecule has 27 heavy (non-hydrogen) atoms. The van der Waals surface area contributed by atoms with Gasteiger partial charge < -0.3 is 15.4 Å². The minimum atomic E-state index is -0.399. The molecule has 0 fully saturated rings. The number of hydrogen-bond donors (Lipinski definition) is 2. The van der Waals surface area contributed by atoms with Gasteiger partial charge in [-0.05, 0) is 43.5 Å². The van der Waals surface area contributed by atoms with Crippen LogP contribution >= 0.6 is 0 Å². The van der Waals surface area contributed by atoms with Gasteiger partial charge in [0, 0.05) is 12.7 Å². The van der Waals surface area contributed by atoms with Gasteiger partial charge >= 0.3 is 0 Å². The summed E-state index contributed by atoms with van der Waals surface area (Å²) in [4.78, 5) is 12.3. The van der Waals surface area contributed by atoms with Crippen LogP contribution in [0.25, 0.3) is 0 Å². The highest BCUT2D eigenvalue weighted by atomic mass is 16.5. The molecule has 1 unspecified atom stereocenters. The Labute approximate surface area is 160 Å². The van der Waals surface area contributed by atoms with Crippen molar-refractivity contribution in [2.75, 3.05) is 13.7 Å². The smallest absolute Gasteiger partial charge is 0.263 e. The van der Waals surface area contributed by atoms with Gasteiger partial charge in [-0.3, -0.25) is 4.79 Å². The maximum atomic E-state index is 12.3. The van der Waals surface area contributed by atoms with Gasteiger partial charge in [-0.2, -0.15) is 5.26 Å². The molecule has 1 amide bonds. The molecule has 0 aliphatic rings. The van der Waals surface area contributed by atoms with E-state index in [0.29, 0.717) is 6.54 Å². The van der Waals surface area contributed by atoms with Crippen LogP contribution in [-0.4, -0.2) is 19.6 Å². The van der Waals surface area contributed by atoms with Crippen molar-refractivity contribution in [1.29, 1.82) is 5.26 Å². The number of amides is 1. The summed E-state index contributed by atoms with van der Waals surface area (Å²) in [5, 5.41) is 15.2. The summed E-state index contributed by atoms with van der Waals surface area (Å²) in [6.07, 6.45) is 2.30. The monoisotopic (exact) mass is 363 g/mol. The van der Waals surface area contributed by atoms with E-state index in [-0.39, 0.29) is 11.6 Å². The van der Waals surface area contributed by atoms with E-state index in [1.54, 1.807) is 7.11 Å². The summed E-state index contributed by atoms with van der Waals surface area (Å²) in [5.41, 5.74) is 3.42. The Morgan fingerprint density at radius 2 is 2.00 bits per heavy atom. The van der Waals surface area contributed by atoms with E-state index in [0.717, 1.165) is 17.7 Å². The number of nitrogens with zero attached hydrogens (tertiary/aromatic N) is 1. The molecule has 0 bridgehead atoms. The van der Waals surface area contributed by atoms with Crippen LogP contribution in [0.2, 0.25) is 0 Å². The summed E-state index contributed by atoms with van der Waals surface area (Å²) < 4.78 is 5.13. The molecular weight excluding hydrogens is 338 g/mol. The first-order valence-electron chi connectivity index (χ1n) is 8.87. The van der Waals surface area contributed by atoms with Gasteiger partial charge in [-0.25, -0.2) is 0 Å². The van der Waals surface area contributed by atoms with Crippen molar-refractivity contribution in [3.05, 3.63) is 77.0 Å². The number of benzene rings is 2. The van der Waals surface area contributed by atoms with Crippen LogP contribution < -0.4 is 15.4 Å². The Hall–Kier alpha value is -3.26. The number of methoxy groups -OCH3 is 1. The van der Waals surface area contributed by atoms with Crippen LogP contribution in [0.4, 0.5) is 0 Å². The van der Waals surface area contributed by atoms with Crippen molar-refractivity contribution >= 4 is 5.91 Å². The lowest BCUT2D eigenvalue weighted by Gasteiger charge is -2.14. The molecule has 0 saturated heterocycles. The summed E-state index contributed by atoms with van der Waals surface area (Å²) in [5.74, 6) is 0.358. The molecule has 1 atom stereocenters. The number of nitriles is 1. The third-order valence-electron chi connectivity index (χ3n) is 4.22. The minimum Gasteiger partial charge on any atom is -0.497 e. The molecule has 140 valence electrons. The first-order chi connectivity index (χ1) is 13.0. The van der Waals surface area contributed by atoms with E-state index < -0.39 is 5.91 Å². The fourth-order valence-corrected chi connectivity index (χ4v) is 2.66. The lowest BCUT2D eigenvalue weighted by molar-refractivity contribution is -0.117. The maximum absolute atomic E-state index is 12.3. The molecule has 0 aromatic heterocycles. The Morgan fingerprint density at radius 3 is 2.63 bits per heavy atom. The SMILES string of the molecule is COc1ccc(C(C)NC(=O)/C(C#N)=C\NCCc2cccc(C)c2)cc1. The second kappa shape index (κ2) is 10.0. The van der Waals surface area contributed by atoms with E-state index in [1.807, 2.05) is 43.3 Å². The number of hydrogen-bond acceptors (Lipinski definition) is 4. The first kappa shape index (κ1) is 20.1. The van der Waals surface area contributed by atoms with Gasteiger partial charge in [0.05, 0.1) is 13.2 Å². The first-order valence-corrected chi connectivity index (χ1v) is 8.87. The number of ether oxygens (including phenoxy) is 1. The van der Waals surface area contributed by atoms with Crippen molar-refractivity contribution in [3.8, 4) is 11.8 Å². The second-order valence-electron chi connectivity index (χ2n) is 6.33. The Bertz CT molecular complexity index is 835. The molecule has 0 aliphatic carbocycles. The lowest BCUT2D eigenvalue weighted by Crippen LogP contribution is -2.28. The van der Waals surface area contributed by atoms with Crippen molar-refractivity contribution in [1.82, 2.24) is 10.6 Å². The number of aryl methyl sites for hydroxylation is 1. The standard InChI is InChI=1S/C22H25N3O2/c1-16-5-4-6-18(13-16)11-12-24-15-20(14-23)22(26)25-17(2)19-7-9-21(27-3)10-8-19/h4-10,13,15,17,24H,11-12H2,1-3H3,(H,25,26)/b20-15-. The van der Waals surface area contributed by atoms with E-state index in [4.69, 9.17) is 4.74 Å². The van der Waals surface area contributed by atoms with Gasteiger partial charge in [0.1, 0.15) is 17.4 Å². The molecule has 2 rings (SSSR count). The summed E-state index contributed by atoms with van der Waals surface area (Å²) >= 11 is 0. The van der Waals surface area contributed by atoms with Crippen molar-refractivity contribution in [2.24, 2.45) is 0 Å². The van der Waals surface area contributed by atoms with E-state index in [1.165, 1.54) is 17.3 Å².